The first-order valence-electron chi connectivity index (χ1n) is 6.93. The molecule has 20 heavy (non-hydrogen) atoms. The summed E-state index contributed by atoms with van der Waals surface area (Å²) in [6, 6.07) is 1.77. The Bertz CT molecular complexity index is 406. The number of piperazine rings is 1. The second-order valence-electron chi connectivity index (χ2n) is 4.45. The molecule has 7 heteroatoms. The van der Waals surface area contributed by atoms with Gasteiger partial charge in [-0.2, -0.15) is 0 Å². The number of hydrogen-bond donors (Lipinski definition) is 1. The highest BCUT2D eigenvalue weighted by Gasteiger charge is 2.21. The number of nitrogens with zero attached hydrogens (tertiary/aromatic N) is 4. The average Bonchev–Trinajstić information content (AvgIpc) is 2.52. The van der Waals surface area contributed by atoms with Gasteiger partial charge in [0, 0.05) is 51.7 Å². The standard InChI is InChI=1S/C13H21N5O2/c1-2-20-11-6-16-13(19)18-9-7-17(8-10-18)12-14-4-3-5-15-12/h3-5H,2,6-11H2,1H3,(H,16,19). The highest BCUT2D eigenvalue weighted by atomic mass is 16.5. The molecule has 1 saturated heterocycles. The Hall–Kier alpha value is -1.89. The first-order chi connectivity index (χ1) is 9.81. The fraction of sp³-hybridized carbons (Fsp3) is 0.615. The van der Waals surface area contributed by atoms with Gasteiger partial charge in [0.05, 0.1) is 6.61 Å². The summed E-state index contributed by atoms with van der Waals surface area (Å²) in [6.07, 6.45) is 3.46. The van der Waals surface area contributed by atoms with Gasteiger partial charge in [0.2, 0.25) is 5.95 Å². The normalized spacial score (nSPS) is 15.2. The molecule has 1 fully saturated rings. The van der Waals surface area contributed by atoms with Crippen molar-refractivity contribution in [1.29, 1.82) is 0 Å². The summed E-state index contributed by atoms with van der Waals surface area (Å²) in [7, 11) is 0. The van der Waals surface area contributed by atoms with Crippen molar-refractivity contribution in [2.75, 3.05) is 50.8 Å². The summed E-state index contributed by atoms with van der Waals surface area (Å²) in [4.78, 5) is 24.3. The van der Waals surface area contributed by atoms with E-state index >= 15 is 0 Å². The Kier molecular flexibility index (Phi) is 5.55. The predicted molar refractivity (Wildman–Crippen MR) is 75.7 cm³/mol. The lowest BCUT2D eigenvalue weighted by Gasteiger charge is -2.34. The summed E-state index contributed by atoms with van der Waals surface area (Å²) in [5.74, 6) is 0.726. The van der Waals surface area contributed by atoms with Gasteiger partial charge < -0.3 is 19.9 Å². The Morgan fingerprint density at radius 1 is 1.30 bits per heavy atom. The average molecular weight is 279 g/mol. The Morgan fingerprint density at radius 3 is 2.65 bits per heavy atom. The van der Waals surface area contributed by atoms with E-state index in [2.05, 4.69) is 20.2 Å². The molecule has 2 amide bonds. The van der Waals surface area contributed by atoms with Crippen LogP contribution in [0.5, 0.6) is 0 Å². The molecule has 0 aromatic carbocycles. The fourth-order valence-corrected chi connectivity index (χ4v) is 2.05. The van der Waals surface area contributed by atoms with Gasteiger partial charge in [-0.1, -0.05) is 0 Å². The van der Waals surface area contributed by atoms with E-state index in [1.54, 1.807) is 18.5 Å². The number of urea groups is 1. The summed E-state index contributed by atoms with van der Waals surface area (Å²) in [5, 5.41) is 2.85. The number of hydrogen-bond acceptors (Lipinski definition) is 5. The van der Waals surface area contributed by atoms with Gasteiger partial charge in [0.25, 0.3) is 0 Å². The van der Waals surface area contributed by atoms with Crippen molar-refractivity contribution in [2.45, 2.75) is 6.92 Å². The second kappa shape index (κ2) is 7.64. The third-order valence-electron chi connectivity index (χ3n) is 3.13. The summed E-state index contributed by atoms with van der Waals surface area (Å²) in [5.41, 5.74) is 0. The van der Waals surface area contributed by atoms with E-state index < -0.39 is 0 Å². The number of carbonyl (C=O) groups is 1. The van der Waals surface area contributed by atoms with Crippen molar-refractivity contribution in [3.63, 3.8) is 0 Å². The van der Waals surface area contributed by atoms with Crippen molar-refractivity contribution < 1.29 is 9.53 Å². The van der Waals surface area contributed by atoms with Crippen LogP contribution in [0, 0.1) is 0 Å². The molecule has 0 bridgehead atoms. The number of nitrogens with one attached hydrogen (secondary N) is 1. The molecule has 110 valence electrons. The van der Waals surface area contributed by atoms with Gasteiger partial charge in [0.15, 0.2) is 0 Å². The van der Waals surface area contributed by atoms with Crippen molar-refractivity contribution in [1.82, 2.24) is 20.2 Å². The molecular formula is C13H21N5O2. The molecule has 0 atom stereocenters. The van der Waals surface area contributed by atoms with Crippen LogP contribution < -0.4 is 10.2 Å². The van der Waals surface area contributed by atoms with Crippen LogP contribution in [0.1, 0.15) is 6.92 Å². The van der Waals surface area contributed by atoms with Crippen LogP contribution in [0.4, 0.5) is 10.7 Å². The van der Waals surface area contributed by atoms with E-state index in [-0.39, 0.29) is 6.03 Å². The van der Waals surface area contributed by atoms with Gasteiger partial charge in [0.1, 0.15) is 0 Å². The van der Waals surface area contributed by atoms with E-state index in [1.165, 1.54) is 0 Å². The van der Waals surface area contributed by atoms with Gasteiger partial charge >= 0.3 is 6.03 Å². The van der Waals surface area contributed by atoms with Crippen LogP contribution in [0.2, 0.25) is 0 Å². The van der Waals surface area contributed by atoms with Crippen molar-refractivity contribution in [2.24, 2.45) is 0 Å². The SMILES string of the molecule is CCOCCNC(=O)N1CCN(c2ncccn2)CC1. The highest BCUT2D eigenvalue weighted by Crippen LogP contribution is 2.09. The maximum atomic E-state index is 11.9. The molecule has 7 nitrogen and oxygen atoms in total. The topological polar surface area (TPSA) is 70.6 Å². The minimum Gasteiger partial charge on any atom is -0.380 e. The number of ether oxygens (including phenoxy) is 1. The van der Waals surface area contributed by atoms with Crippen LogP contribution in [0.25, 0.3) is 0 Å². The minimum absolute atomic E-state index is 0.0293. The lowest BCUT2D eigenvalue weighted by Crippen LogP contribution is -2.52. The third-order valence-corrected chi connectivity index (χ3v) is 3.13. The van der Waals surface area contributed by atoms with Crippen molar-refractivity contribution >= 4 is 12.0 Å². The van der Waals surface area contributed by atoms with E-state index in [0.717, 1.165) is 19.0 Å². The molecule has 1 aliphatic rings. The van der Waals surface area contributed by atoms with E-state index in [4.69, 9.17) is 4.74 Å². The van der Waals surface area contributed by atoms with E-state index in [1.807, 2.05) is 11.8 Å². The number of amides is 2. The van der Waals surface area contributed by atoms with E-state index in [0.29, 0.717) is 32.8 Å². The third kappa shape index (κ3) is 4.06. The molecule has 0 radical (unpaired) electrons. The molecule has 1 aliphatic heterocycles. The van der Waals surface area contributed by atoms with Crippen molar-refractivity contribution in [3.05, 3.63) is 18.5 Å². The lowest BCUT2D eigenvalue weighted by molar-refractivity contribution is 0.145. The molecular weight excluding hydrogens is 258 g/mol. The smallest absolute Gasteiger partial charge is 0.317 e. The molecule has 0 aliphatic carbocycles. The number of rotatable bonds is 5. The first kappa shape index (κ1) is 14.5. The Labute approximate surface area is 118 Å². The summed E-state index contributed by atoms with van der Waals surface area (Å²) >= 11 is 0. The zero-order valence-corrected chi connectivity index (χ0v) is 11.8. The molecule has 2 heterocycles. The molecule has 2 rings (SSSR count). The van der Waals surface area contributed by atoms with Crippen LogP contribution in [-0.2, 0) is 4.74 Å². The molecule has 0 unspecified atom stereocenters. The zero-order chi connectivity index (χ0) is 14.2. The van der Waals surface area contributed by atoms with Crippen LogP contribution >= 0.6 is 0 Å². The fourth-order valence-electron chi connectivity index (χ4n) is 2.05. The molecule has 0 spiro atoms. The highest BCUT2D eigenvalue weighted by molar-refractivity contribution is 5.74. The van der Waals surface area contributed by atoms with Gasteiger partial charge in [-0.3, -0.25) is 0 Å². The zero-order valence-electron chi connectivity index (χ0n) is 11.8. The van der Waals surface area contributed by atoms with Gasteiger partial charge in [-0.25, -0.2) is 14.8 Å². The number of aromatic nitrogens is 2. The molecule has 1 aromatic rings. The second-order valence-corrected chi connectivity index (χ2v) is 4.45. The van der Waals surface area contributed by atoms with Crippen LogP contribution in [0.3, 0.4) is 0 Å². The molecule has 0 saturated carbocycles. The maximum absolute atomic E-state index is 11.9. The Morgan fingerprint density at radius 2 is 2.00 bits per heavy atom. The van der Waals surface area contributed by atoms with Crippen molar-refractivity contribution in [3.8, 4) is 0 Å². The summed E-state index contributed by atoms with van der Waals surface area (Å²) < 4.78 is 5.19. The maximum Gasteiger partial charge on any atom is 0.317 e. The predicted octanol–water partition coefficient (Wildman–Crippen LogP) is 0.345. The van der Waals surface area contributed by atoms with Crippen LogP contribution in [-0.4, -0.2) is 66.8 Å². The largest absolute Gasteiger partial charge is 0.380 e. The van der Waals surface area contributed by atoms with Gasteiger partial charge in [-0.05, 0) is 13.0 Å². The summed E-state index contributed by atoms with van der Waals surface area (Å²) in [6.45, 7) is 6.58. The van der Waals surface area contributed by atoms with Crippen LogP contribution in [0.15, 0.2) is 18.5 Å². The van der Waals surface area contributed by atoms with Gasteiger partial charge in [-0.15, -0.1) is 0 Å². The minimum atomic E-state index is -0.0293. The molecule has 1 aromatic heterocycles. The Balaban J connectivity index is 1.72. The first-order valence-corrected chi connectivity index (χ1v) is 6.93. The lowest BCUT2D eigenvalue weighted by atomic mass is 10.3. The molecule has 1 N–H and O–H groups in total. The number of anilines is 1. The van der Waals surface area contributed by atoms with E-state index in [9.17, 15) is 4.79 Å². The number of carbonyl (C=O) groups excluding carboxylic acids is 1. The quantitative estimate of drug-likeness (QED) is 0.787. The monoisotopic (exact) mass is 279 g/mol.